The van der Waals surface area contributed by atoms with Crippen molar-refractivity contribution in [3.05, 3.63) is 113 Å². The number of para-hydroxylation sites is 3. The number of nitrogens with one attached hydrogen (secondary N) is 2. The summed E-state index contributed by atoms with van der Waals surface area (Å²) in [6, 6.07) is 30.5. The summed E-state index contributed by atoms with van der Waals surface area (Å²) in [5, 5.41) is 2.23. The predicted octanol–water partition coefficient (Wildman–Crippen LogP) is 5.62. The van der Waals surface area contributed by atoms with Gasteiger partial charge in [0.15, 0.2) is 0 Å². The van der Waals surface area contributed by atoms with Crippen LogP contribution < -0.4 is 10.9 Å². The van der Waals surface area contributed by atoms with E-state index >= 15 is 0 Å². The molecule has 5 nitrogen and oxygen atoms in total. The summed E-state index contributed by atoms with van der Waals surface area (Å²) in [5.41, 5.74) is 8.70. The van der Waals surface area contributed by atoms with E-state index in [4.69, 9.17) is 0 Å². The van der Waals surface area contributed by atoms with Gasteiger partial charge in [-0.25, -0.2) is 0 Å². The first-order valence-electron chi connectivity index (χ1n) is 10.1. The van der Waals surface area contributed by atoms with E-state index in [1.807, 2.05) is 54.6 Å². The number of rotatable bonds is 3. The number of aromatic nitrogens is 1. The fraction of sp³-hybridized carbons (Fsp3) is 0. The standard InChI is InChI=1S/C26H18BrN3O2/c27-18-15-13-17(14-16-18)25(31)28-29-26(32)21-9-3-6-12-24(21)30-22-10-4-1-7-19(22)20-8-2-5-11-23(20)30/h1-16H,(H,28,31)(H,29,32). The number of hydrogen-bond donors (Lipinski definition) is 2. The molecule has 0 atom stereocenters. The third-order valence-electron chi connectivity index (χ3n) is 5.37. The van der Waals surface area contributed by atoms with Gasteiger partial charge < -0.3 is 4.57 Å². The maximum absolute atomic E-state index is 13.1. The molecular weight excluding hydrogens is 466 g/mol. The second-order valence-electron chi connectivity index (χ2n) is 7.30. The first-order valence-corrected chi connectivity index (χ1v) is 10.9. The molecule has 2 N–H and O–H groups in total. The average molecular weight is 484 g/mol. The molecule has 0 aliphatic rings. The number of carbonyl (C=O) groups is 2. The van der Waals surface area contributed by atoms with E-state index in [1.165, 1.54) is 0 Å². The number of hydrazine groups is 1. The Morgan fingerprint density at radius 3 is 1.81 bits per heavy atom. The Bertz CT molecular complexity index is 1420. The maximum atomic E-state index is 13.1. The third kappa shape index (κ3) is 3.55. The molecule has 4 aromatic carbocycles. The zero-order valence-corrected chi connectivity index (χ0v) is 18.5. The van der Waals surface area contributed by atoms with Crippen molar-refractivity contribution in [2.24, 2.45) is 0 Å². The van der Waals surface area contributed by atoms with Crippen LogP contribution in [0.2, 0.25) is 0 Å². The summed E-state index contributed by atoms with van der Waals surface area (Å²) in [5.74, 6) is -0.784. The van der Waals surface area contributed by atoms with E-state index < -0.39 is 5.91 Å². The van der Waals surface area contributed by atoms with Crippen LogP contribution in [0.3, 0.4) is 0 Å². The molecule has 0 aliphatic carbocycles. The average Bonchev–Trinajstić information content (AvgIpc) is 3.17. The van der Waals surface area contributed by atoms with Crippen LogP contribution in [-0.2, 0) is 0 Å². The van der Waals surface area contributed by atoms with E-state index in [0.29, 0.717) is 11.1 Å². The quantitative estimate of drug-likeness (QED) is 0.327. The van der Waals surface area contributed by atoms with Gasteiger partial charge in [0.1, 0.15) is 0 Å². The van der Waals surface area contributed by atoms with Crippen molar-refractivity contribution in [1.29, 1.82) is 0 Å². The van der Waals surface area contributed by atoms with Crippen molar-refractivity contribution in [1.82, 2.24) is 15.4 Å². The molecule has 32 heavy (non-hydrogen) atoms. The van der Waals surface area contributed by atoms with E-state index in [-0.39, 0.29) is 5.91 Å². The summed E-state index contributed by atoms with van der Waals surface area (Å²) in [6.07, 6.45) is 0. The minimum atomic E-state index is -0.395. The van der Waals surface area contributed by atoms with Gasteiger partial charge in [-0.15, -0.1) is 0 Å². The van der Waals surface area contributed by atoms with Crippen molar-refractivity contribution in [3.63, 3.8) is 0 Å². The van der Waals surface area contributed by atoms with Gasteiger partial charge in [-0.3, -0.25) is 20.4 Å². The Kier molecular flexibility index (Phi) is 5.21. The first kappa shape index (κ1) is 20.0. The Balaban J connectivity index is 1.52. The third-order valence-corrected chi connectivity index (χ3v) is 5.89. The van der Waals surface area contributed by atoms with Gasteiger partial charge in [0.2, 0.25) is 0 Å². The molecular formula is C26H18BrN3O2. The highest BCUT2D eigenvalue weighted by Gasteiger charge is 2.18. The number of hydrogen-bond acceptors (Lipinski definition) is 2. The lowest BCUT2D eigenvalue weighted by Gasteiger charge is -2.14. The molecule has 0 aliphatic heterocycles. The molecule has 1 heterocycles. The largest absolute Gasteiger partial charge is 0.308 e. The maximum Gasteiger partial charge on any atom is 0.271 e. The predicted molar refractivity (Wildman–Crippen MR) is 130 cm³/mol. The molecule has 0 radical (unpaired) electrons. The molecule has 0 saturated heterocycles. The normalized spacial score (nSPS) is 10.9. The molecule has 0 spiro atoms. The minimum Gasteiger partial charge on any atom is -0.308 e. The van der Waals surface area contributed by atoms with Crippen molar-refractivity contribution in [2.75, 3.05) is 0 Å². The molecule has 6 heteroatoms. The van der Waals surface area contributed by atoms with Gasteiger partial charge >= 0.3 is 0 Å². The lowest BCUT2D eigenvalue weighted by molar-refractivity contribution is 0.0846. The van der Waals surface area contributed by atoms with Crippen molar-refractivity contribution in [3.8, 4) is 5.69 Å². The Hall–Kier alpha value is -3.90. The molecule has 0 fully saturated rings. The SMILES string of the molecule is O=C(NNC(=O)c1ccccc1-n1c2ccccc2c2ccccc21)c1ccc(Br)cc1. The number of carbonyl (C=O) groups excluding carboxylic acids is 2. The van der Waals surface area contributed by atoms with Crippen LogP contribution in [0.5, 0.6) is 0 Å². The van der Waals surface area contributed by atoms with Crippen LogP contribution in [0.1, 0.15) is 20.7 Å². The van der Waals surface area contributed by atoms with Gasteiger partial charge in [-0.1, -0.05) is 64.5 Å². The van der Waals surface area contributed by atoms with Crippen LogP contribution in [0.4, 0.5) is 0 Å². The fourth-order valence-corrected chi connectivity index (χ4v) is 4.16. The summed E-state index contributed by atoms with van der Waals surface area (Å²) < 4.78 is 2.95. The molecule has 5 rings (SSSR count). The second kappa shape index (κ2) is 8.32. The van der Waals surface area contributed by atoms with Crippen molar-refractivity contribution in [2.45, 2.75) is 0 Å². The van der Waals surface area contributed by atoms with Gasteiger partial charge in [-0.2, -0.15) is 0 Å². The van der Waals surface area contributed by atoms with Crippen LogP contribution in [0, 0.1) is 0 Å². The van der Waals surface area contributed by atoms with Crippen molar-refractivity contribution >= 4 is 49.6 Å². The smallest absolute Gasteiger partial charge is 0.271 e. The molecule has 156 valence electrons. The van der Waals surface area contributed by atoms with Crippen LogP contribution in [0.25, 0.3) is 27.5 Å². The number of nitrogens with zero attached hydrogens (tertiary/aromatic N) is 1. The number of fused-ring (bicyclic) bond motifs is 3. The Morgan fingerprint density at radius 2 is 1.16 bits per heavy atom. The van der Waals surface area contributed by atoms with E-state index in [0.717, 1.165) is 32.0 Å². The van der Waals surface area contributed by atoms with Gasteiger partial charge in [-0.05, 0) is 48.5 Å². The highest BCUT2D eigenvalue weighted by molar-refractivity contribution is 9.10. The summed E-state index contributed by atoms with van der Waals surface area (Å²) in [7, 11) is 0. The second-order valence-corrected chi connectivity index (χ2v) is 8.22. The molecule has 2 amide bonds. The topological polar surface area (TPSA) is 63.1 Å². The van der Waals surface area contributed by atoms with Crippen LogP contribution in [0.15, 0.2) is 102 Å². The van der Waals surface area contributed by atoms with Crippen LogP contribution >= 0.6 is 15.9 Å². The molecule has 5 aromatic rings. The zero-order valence-electron chi connectivity index (χ0n) is 16.9. The molecule has 0 bridgehead atoms. The fourth-order valence-electron chi connectivity index (χ4n) is 3.90. The zero-order chi connectivity index (χ0) is 22.1. The molecule has 1 aromatic heterocycles. The van der Waals surface area contributed by atoms with E-state index in [1.54, 1.807) is 30.3 Å². The lowest BCUT2D eigenvalue weighted by Crippen LogP contribution is -2.41. The minimum absolute atomic E-state index is 0.389. The number of halogens is 1. The van der Waals surface area contributed by atoms with Gasteiger partial charge in [0.05, 0.1) is 22.3 Å². The summed E-state index contributed by atoms with van der Waals surface area (Å²) in [6.45, 7) is 0. The Morgan fingerprint density at radius 1 is 0.625 bits per heavy atom. The molecule has 0 unspecified atom stereocenters. The Labute approximate surface area is 192 Å². The number of benzene rings is 4. The van der Waals surface area contributed by atoms with E-state index in [9.17, 15) is 9.59 Å². The molecule has 0 saturated carbocycles. The summed E-state index contributed by atoms with van der Waals surface area (Å²) >= 11 is 3.34. The van der Waals surface area contributed by atoms with E-state index in [2.05, 4.69) is 43.5 Å². The van der Waals surface area contributed by atoms with Crippen LogP contribution in [-0.4, -0.2) is 16.4 Å². The lowest BCUT2D eigenvalue weighted by atomic mass is 10.1. The monoisotopic (exact) mass is 483 g/mol. The summed E-state index contributed by atoms with van der Waals surface area (Å²) in [4.78, 5) is 25.5. The van der Waals surface area contributed by atoms with Gasteiger partial charge in [0.25, 0.3) is 11.8 Å². The first-order chi connectivity index (χ1) is 15.6. The van der Waals surface area contributed by atoms with Gasteiger partial charge in [0, 0.05) is 20.8 Å². The number of amides is 2. The highest BCUT2D eigenvalue weighted by Crippen LogP contribution is 2.32. The highest BCUT2D eigenvalue weighted by atomic mass is 79.9. The van der Waals surface area contributed by atoms with Crippen molar-refractivity contribution < 1.29 is 9.59 Å².